The molecule has 0 radical (unpaired) electrons. The number of anilines is 1. The molecule has 1 aliphatic rings. The molecule has 0 spiro atoms. The average molecular weight is 397 g/mol. The molecule has 1 aromatic heterocycles. The van der Waals surface area contributed by atoms with Crippen LogP contribution < -0.4 is 14.8 Å². The second kappa shape index (κ2) is 7.39. The van der Waals surface area contributed by atoms with E-state index in [2.05, 4.69) is 37.9 Å². The van der Waals surface area contributed by atoms with Gasteiger partial charge in [-0.15, -0.1) is 0 Å². The zero-order valence-electron chi connectivity index (χ0n) is 16.5. The van der Waals surface area contributed by atoms with Crippen LogP contribution in [0.5, 0.6) is 11.5 Å². The molecule has 2 aromatic carbocycles. The summed E-state index contributed by atoms with van der Waals surface area (Å²) in [5.74, 6) is 1.44. The Bertz CT molecular complexity index is 1040. The number of hydrogen-bond acceptors (Lipinski definition) is 5. The average Bonchev–Trinajstić information content (AvgIpc) is 2.64. The van der Waals surface area contributed by atoms with Crippen LogP contribution in [0, 0.1) is 0 Å². The monoisotopic (exact) mass is 396 g/mol. The first-order valence-electron chi connectivity index (χ1n) is 9.53. The number of fused-ring (bicyclic) bond motifs is 3. The van der Waals surface area contributed by atoms with Gasteiger partial charge in [-0.3, -0.25) is 0 Å². The van der Waals surface area contributed by atoms with Gasteiger partial charge in [-0.05, 0) is 58.1 Å². The third-order valence-corrected chi connectivity index (χ3v) is 5.01. The maximum absolute atomic E-state index is 5.66. The van der Waals surface area contributed by atoms with Gasteiger partial charge < -0.3 is 19.7 Å². The van der Waals surface area contributed by atoms with Crippen molar-refractivity contribution >= 4 is 45.1 Å². The van der Waals surface area contributed by atoms with Gasteiger partial charge in [-0.25, -0.2) is 9.97 Å². The van der Waals surface area contributed by atoms with Crippen molar-refractivity contribution in [1.29, 1.82) is 0 Å². The molecule has 0 bridgehead atoms. The zero-order valence-corrected chi connectivity index (χ0v) is 17.3. The van der Waals surface area contributed by atoms with E-state index in [0.29, 0.717) is 36.2 Å². The van der Waals surface area contributed by atoms with Crippen molar-refractivity contribution in [2.75, 3.05) is 18.5 Å². The number of benzene rings is 2. The first kappa shape index (κ1) is 18.7. The molecule has 0 amide bonds. The molecule has 0 saturated carbocycles. The standard InChI is InChI=1S/C21H24N4O2S/c1-12(2)25(13(3)4)21(28)22-14-5-6-15-16(9-14)24-18-11-20-19(10-17(18)23-15)26-7-8-27-20/h5-6,9-13H,7-8H2,1-4H3,(H,22,28). The van der Waals surface area contributed by atoms with Gasteiger partial charge in [-0.2, -0.15) is 0 Å². The van der Waals surface area contributed by atoms with Crippen molar-refractivity contribution in [2.24, 2.45) is 0 Å². The molecule has 3 aromatic rings. The van der Waals surface area contributed by atoms with Crippen LogP contribution >= 0.6 is 12.2 Å². The molecule has 7 heteroatoms. The maximum atomic E-state index is 5.66. The van der Waals surface area contributed by atoms with Gasteiger partial charge in [-0.1, -0.05) is 0 Å². The van der Waals surface area contributed by atoms with Gasteiger partial charge in [0, 0.05) is 29.9 Å². The Hall–Kier alpha value is -2.67. The summed E-state index contributed by atoms with van der Waals surface area (Å²) >= 11 is 5.62. The highest BCUT2D eigenvalue weighted by Gasteiger charge is 2.18. The van der Waals surface area contributed by atoms with Gasteiger partial charge in [0.1, 0.15) is 13.2 Å². The van der Waals surface area contributed by atoms with Gasteiger partial charge in [0.05, 0.1) is 22.1 Å². The van der Waals surface area contributed by atoms with E-state index in [1.807, 2.05) is 30.3 Å². The Morgan fingerprint density at radius 3 is 2.00 bits per heavy atom. The fraction of sp³-hybridized carbons (Fsp3) is 0.381. The van der Waals surface area contributed by atoms with Crippen molar-refractivity contribution in [3.05, 3.63) is 30.3 Å². The highest BCUT2D eigenvalue weighted by atomic mass is 32.1. The van der Waals surface area contributed by atoms with Crippen LogP contribution in [-0.2, 0) is 0 Å². The molecule has 0 aliphatic carbocycles. The Morgan fingerprint density at radius 1 is 0.893 bits per heavy atom. The van der Waals surface area contributed by atoms with Crippen molar-refractivity contribution in [2.45, 2.75) is 39.8 Å². The maximum Gasteiger partial charge on any atom is 0.173 e. The lowest BCUT2D eigenvalue weighted by molar-refractivity contribution is 0.172. The number of hydrogen-bond donors (Lipinski definition) is 1. The Morgan fingerprint density at radius 2 is 1.43 bits per heavy atom. The van der Waals surface area contributed by atoms with E-state index >= 15 is 0 Å². The molecule has 4 rings (SSSR count). The smallest absolute Gasteiger partial charge is 0.173 e. The summed E-state index contributed by atoms with van der Waals surface area (Å²) in [6.07, 6.45) is 0. The fourth-order valence-corrected chi connectivity index (χ4v) is 4.08. The summed E-state index contributed by atoms with van der Waals surface area (Å²) in [6, 6.07) is 10.3. The van der Waals surface area contributed by atoms with Gasteiger partial charge in [0.25, 0.3) is 0 Å². The number of aromatic nitrogens is 2. The molecule has 146 valence electrons. The van der Waals surface area contributed by atoms with E-state index in [1.165, 1.54) is 0 Å². The van der Waals surface area contributed by atoms with Crippen molar-refractivity contribution < 1.29 is 9.47 Å². The highest BCUT2D eigenvalue weighted by Crippen LogP contribution is 2.34. The number of nitrogens with one attached hydrogen (secondary N) is 1. The minimum Gasteiger partial charge on any atom is -0.486 e. The van der Waals surface area contributed by atoms with Crippen LogP contribution in [0.15, 0.2) is 30.3 Å². The van der Waals surface area contributed by atoms with Crippen molar-refractivity contribution in [3.63, 3.8) is 0 Å². The topological polar surface area (TPSA) is 59.5 Å². The SMILES string of the molecule is CC(C)N(C(=S)Nc1ccc2nc3cc4c(cc3nc2c1)OCCO4)C(C)C. The predicted octanol–water partition coefficient (Wildman–Crippen LogP) is 4.37. The molecule has 28 heavy (non-hydrogen) atoms. The lowest BCUT2D eigenvalue weighted by Crippen LogP contribution is -2.44. The largest absolute Gasteiger partial charge is 0.486 e. The summed E-state index contributed by atoms with van der Waals surface area (Å²) < 4.78 is 11.3. The lowest BCUT2D eigenvalue weighted by Gasteiger charge is -2.33. The minimum absolute atomic E-state index is 0.317. The number of ether oxygens (including phenoxy) is 2. The first-order valence-corrected chi connectivity index (χ1v) is 9.93. The lowest BCUT2D eigenvalue weighted by atomic mass is 10.2. The molecule has 0 atom stereocenters. The molecule has 6 nitrogen and oxygen atoms in total. The van der Waals surface area contributed by atoms with Gasteiger partial charge in [0.2, 0.25) is 0 Å². The molecular weight excluding hydrogens is 372 g/mol. The summed E-state index contributed by atoms with van der Waals surface area (Å²) in [7, 11) is 0. The normalized spacial score (nSPS) is 13.4. The minimum atomic E-state index is 0.317. The van der Waals surface area contributed by atoms with E-state index in [4.69, 9.17) is 31.7 Å². The number of thiocarbonyl (C=S) groups is 1. The first-order chi connectivity index (χ1) is 13.4. The second-order valence-electron chi connectivity index (χ2n) is 7.44. The number of nitrogens with zero attached hydrogens (tertiary/aromatic N) is 3. The van der Waals surface area contributed by atoms with E-state index < -0.39 is 0 Å². The van der Waals surface area contributed by atoms with Crippen LogP contribution in [0.3, 0.4) is 0 Å². The van der Waals surface area contributed by atoms with E-state index in [0.717, 1.165) is 33.5 Å². The van der Waals surface area contributed by atoms with Crippen LogP contribution in [0.4, 0.5) is 5.69 Å². The molecule has 0 fully saturated rings. The summed E-state index contributed by atoms with van der Waals surface area (Å²) in [4.78, 5) is 11.7. The quantitative estimate of drug-likeness (QED) is 0.521. The third-order valence-electron chi connectivity index (χ3n) is 4.70. The van der Waals surface area contributed by atoms with Crippen LogP contribution in [-0.4, -0.2) is 45.3 Å². The van der Waals surface area contributed by atoms with E-state index in [1.54, 1.807) is 0 Å². The molecule has 2 heterocycles. The summed E-state index contributed by atoms with van der Waals surface area (Å²) in [6.45, 7) is 9.65. The second-order valence-corrected chi connectivity index (χ2v) is 7.82. The predicted molar refractivity (Wildman–Crippen MR) is 116 cm³/mol. The molecular formula is C21H24N4O2S. The molecule has 1 aliphatic heterocycles. The van der Waals surface area contributed by atoms with Crippen LogP contribution in [0.1, 0.15) is 27.7 Å². The zero-order chi connectivity index (χ0) is 19.8. The van der Waals surface area contributed by atoms with E-state index in [9.17, 15) is 0 Å². The molecule has 0 saturated heterocycles. The summed E-state index contributed by atoms with van der Waals surface area (Å²) in [5, 5.41) is 4.05. The molecule has 0 unspecified atom stereocenters. The third kappa shape index (κ3) is 3.54. The van der Waals surface area contributed by atoms with Crippen molar-refractivity contribution in [3.8, 4) is 11.5 Å². The van der Waals surface area contributed by atoms with Crippen LogP contribution in [0.25, 0.3) is 22.1 Å². The molecule has 1 N–H and O–H groups in total. The Kier molecular flexibility index (Phi) is 4.93. The van der Waals surface area contributed by atoms with Crippen molar-refractivity contribution in [1.82, 2.24) is 14.9 Å². The Balaban J connectivity index is 1.68. The fourth-order valence-electron chi connectivity index (χ4n) is 3.54. The van der Waals surface area contributed by atoms with Gasteiger partial charge in [0.15, 0.2) is 16.6 Å². The Labute approximate surface area is 169 Å². The number of rotatable bonds is 3. The van der Waals surface area contributed by atoms with E-state index in [-0.39, 0.29) is 0 Å². The van der Waals surface area contributed by atoms with Gasteiger partial charge >= 0.3 is 0 Å². The van der Waals surface area contributed by atoms with Crippen LogP contribution in [0.2, 0.25) is 0 Å². The summed E-state index contributed by atoms with van der Waals surface area (Å²) in [5.41, 5.74) is 4.10. The highest BCUT2D eigenvalue weighted by molar-refractivity contribution is 7.80.